The minimum Gasteiger partial charge on any atom is -0.346 e. The molecule has 0 bridgehead atoms. The molecule has 0 fully saturated rings. The standard InChI is InChI=1S/C18H21F2N3O3S.ClH/c1-12-4-3-5-16(13(12)2)23-27(25,26)15-8-6-14(7-9-15)17(24)22-11-18(19,20)10-21;/h3-9,23H,10-11,21H2,1-2H3,(H,22,24);1H. The molecule has 6 nitrogen and oxygen atoms in total. The summed E-state index contributed by atoms with van der Waals surface area (Å²) in [4.78, 5) is 11.8. The van der Waals surface area contributed by atoms with Gasteiger partial charge in [-0.15, -0.1) is 12.4 Å². The first-order valence-electron chi connectivity index (χ1n) is 8.11. The number of nitrogens with two attached hydrogens (primary N) is 1. The van der Waals surface area contributed by atoms with Crippen molar-refractivity contribution in [3.8, 4) is 0 Å². The molecule has 1 amide bonds. The van der Waals surface area contributed by atoms with Crippen LogP contribution in [0.1, 0.15) is 21.5 Å². The van der Waals surface area contributed by atoms with Crippen molar-refractivity contribution in [1.82, 2.24) is 5.32 Å². The summed E-state index contributed by atoms with van der Waals surface area (Å²) in [7, 11) is -3.85. The van der Waals surface area contributed by atoms with Gasteiger partial charge in [0.25, 0.3) is 21.9 Å². The molecular formula is C18H22ClF2N3O3S. The minimum absolute atomic E-state index is 0. The summed E-state index contributed by atoms with van der Waals surface area (Å²) < 4.78 is 53.7. The van der Waals surface area contributed by atoms with Crippen LogP contribution in [0.25, 0.3) is 0 Å². The Kier molecular flexibility index (Phi) is 7.92. The molecule has 0 spiro atoms. The molecule has 2 aromatic carbocycles. The number of aryl methyl sites for hydroxylation is 1. The van der Waals surface area contributed by atoms with Gasteiger partial charge in [-0.25, -0.2) is 17.2 Å². The zero-order chi connectivity index (χ0) is 20.2. The molecule has 4 N–H and O–H groups in total. The lowest BCUT2D eigenvalue weighted by atomic mass is 10.1. The van der Waals surface area contributed by atoms with Gasteiger partial charge in [-0.1, -0.05) is 12.1 Å². The highest BCUT2D eigenvalue weighted by Gasteiger charge is 2.27. The molecule has 0 unspecified atom stereocenters. The summed E-state index contributed by atoms with van der Waals surface area (Å²) >= 11 is 0. The quantitative estimate of drug-likeness (QED) is 0.624. The average molecular weight is 434 g/mol. The lowest BCUT2D eigenvalue weighted by Gasteiger charge is -2.15. The highest BCUT2D eigenvalue weighted by atomic mass is 35.5. The first-order chi connectivity index (χ1) is 12.6. The maximum absolute atomic E-state index is 13.1. The normalized spacial score (nSPS) is 11.5. The molecule has 0 radical (unpaired) electrons. The summed E-state index contributed by atoms with van der Waals surface area (Å²) in [5.74, 6) is -3.94. The molecule has 28 heavy (non-hydrogen) atoms. The van der Waals surface area contributed by atoms with E-state index >= 15 is 0 Å². The van der Waals surface area contributed by atoms with Gasteiger partial charge in [0.15, 0.2) is 0 Å². The van der Waals surface area contributed by atoms with Gasteiger partial charge in [0, 0.05) is 5.56 Å². The van der Waals surface area contributed by atoms with Gasteiger partial charge in [-0.3, -0.25) is 9.52 Å². The number of hydrogen-bond donors (Lipinski definition) is 3. The Balaban J connectivity index is 0.00000392. The smallest absolute Gasteiger partial charge is 0.277 e. The minimum atomic E-state index is -3.85. The molecule has 154 valence electrons. The molecule has 0 aromatic heterocycles. The summed E-state index contributed by atoms with van der Waals surface area (Å²) in [6.07, 6.45) is 0. The van der Waals surface area contributed by atoms with E-state index in [4.69, 9.17) is 5.73 Å². The van der Waals surface area contributed by atoms with Crippen LogP contribution in [0, 0.1) is 13.8 Å². The fraction of sp³-hybridized carbons (Fsp3) is 0.278. The summed E-state index contributed by atoms with van der Waals surface area (Å²) in [6, 6.07) is 10.3. The molecular weight excluding hydrogens is 412 g/mol. The second-order valence-corrected chi connectivity index (χ2v) is 7.80. The number of halogens is 3. The molecule has 2 rings (SSSR count). The van der Waals surface area contributed by atoms with E-state index in [0.29, 0.717) is 5.69 Å². The third-order valence-corrected chi connectivity index (χ3v) is 5.46. The summed E-state index contributed by atoms with van der Waals surface area (Å²) in [5, 5.41) is 2.07. The predicted octanol–water partition coefficient (Wildman–Crippen LogP) is 2.85. The first kappa shape index (κ1) is 23.8. The highest BCUT2D eigenvalue weighted by molar-refractivity contribution is 7.92. The lowest BCUT2D eigenvalue weighted by Crippen LogP contribution is -2.41. The number of nitrogens with one attached hydrogen (secondary N) is 2. The Hall–Kier alpha value is -2.23. The second kappa shape index (κ2) is 9.31. The molecule has 0 aliphatic heterocycles. The van der Waals surface area contributed by atoms with Gasteiger partial charge >= 0.3 is 0 Å². The number of carbonyl (C=O) groups excluding carboxylic acids is 1. The van der Waals surface area contributed by atoms with E-state index < -0.39 is 34.9 Å². The zero-order valence-electron chi connectivity index (χ0n) is 15.3. The zero-order valence-corrected chi connectivity index (χ0v) is 17.0. The molecule has 2 aromatic rings. The molecule has 0 saturated carbocycles. The van der Waals surface area contributed by atoms with Gasteiger partial charge in [0.1, 0.15) is 0 Å². The van der Waals surface area contributed by atoms with E-state index in [1.165, 1.54) is 24.3 Å². The number of benzene rings is 2. The maximum atomic E-state index is 13.1. The summed E-state index contributed by atoms with van der Waals surface area (Å²) in [5.41, 5.74) is 7.17. The van der Waals surface area contributed by atoms with Crippen molar-refractivity contribution in [1.29, 1.82) is 0 Å². The van der Waals surface area contributed by atoms with Crippen molar-refractivity contribution < 1.29 is 22.0 Å². The number of alkyl halides is 2. The van der Waals surface area contributed by atoms with Crippen LogP contribution in [0.2, 0.25) is 0 Å². The molecule has 0 aliphatic rings. The third kappa shape index (κ3) is 5.88. The van der Waals surface area contributed by atoms with E-state index in [1.54, 1.807) is 19.1 Å². The number of anilines is 1. The molecule has 0 aliphatic carbocycles. The fourth-order valence-corrected chi connectivity index (χ4v) is 3.36. The molecule has 0 saturated heterocycles. The second-order valence-electron chi connectivity index (χ2n) is 6.12. The van der Waals surface area contributed by atoms with Crippen LogP contribution in [-0.2, 0) is 10.0 Å². The van der Waals surface area contributed by atoms with Crippen LogP contribution in [0.15, 0.2) is 47.4 Å². The number of sulfonamides is 1. The van der Waals surface area contributed by atoms with Gasteiger partial charge in [-0.05, 0) is 55.3 Å². The Morgan fingerprint density at radius 3 is 2.29 bits per heavy atom. The SMILES string of the molecule is Cc1cccc(NS(=O)(=O)c2ccc(C(=O)NCC(F)(F)CN)cc2)c1C.Cl. The Morgan fingerprint density at radius 1 is 1.11 bits per heavy atom. The van der Waals surface area contributed by atoms with Crippen molar-refractivity contribution >= 4 is 34.0 Å². The summed E-state index contributed by atoms with van der Waals surface area (Å²) in [6.45, 7) is 1.90. The Morgan fingerprint density at radius 2 is 1.71 bits per heavy atom. The van der Waals surface area contributed by atoms with Gasteiger partial charge in [-0.2, -0.15) is 0 Å². The van der Waals surface area contributed by atoms with Crippen molar-refractivity contribution in [2.24, 2.45) is 5.73 Å². The van der Waals surface area contributed by atoms with Gasteiger partial charge < -0.3 is 11.1 Å². The topological polar surface area (TPSA) is 101 Å². The largest absolute Gasteiger partial charge is 0.346 e. The Bertz CT molecular complexity index is 936. The van der Waals surface area contributed by atoms with E-state index in [0.717, 1.165) is 11.1 Å². The van der Waals surface area contributed by atoms with E-state index in [-0.39, 0.29) is 22.9 Å². The van der Waals surface area contributed by atoms with Crippen LogP contribution in [0.4, 0.5) is 14.5 Å². The van der Waals surface area contributed by atoms with E-state index in [2.05, 4.69) is 10.0 Å². The van der Waals surface area contributed by atoms with Crippen molar-refractivity contribution in [2.45, 2.75) is 24.7 Å². The monoisotopic (exact) mass is 433 g/mol. The average Bonchev–Trinajstić information content (AvgIpc) is 2.63. The maximum Gasteiger partial charge on any atom is 0.277 e. The number of rotatable bonds is 7. The van der Waals surface area contributed by atoms with Gasteiger partial charge in [0.2, 0.25) is 0 Å². The lowest BCUT2D eigenvalue weighted by molar-refractivity contribution is 0.0118. The van der Waals surface area contributed by atoms with Crippen LogP contribution < -0.4 is 15.8 Å². The first-order valence-corrected chi connectivity index (χ1v) is 9.59. The van der Waals surface area contributed by atoms with Crippen LogP contribution in [-0.4, -0.2) is 33.3 Å². The van der Waals surface area contributed by atoms with Crippen LogP contribution >= 0.6 is 12.4 Å². The van der Waals surface area contributed by atoms with Gasteiger partial charge in [0.05, 0.1) is 23.7 Å². The number of hydrogen-bond acceptors (Lipinski definition) is 4. The van der Waals surface area contributed by atoms with Crippen molar-refractivity contribution in [2.75, 3.05) is 17.8 Å². The number of amides is 1. The number of carbonyl (C=O) groups is 1. The van der Waals surface area contributed by atoms with Crippen LogP contribution in [0.3, 0.4) is 0 Å². The fourth-order valence-electron chi connectivity index (χ4n) is 2.23. The molecule has 10 heteroatoms. The Labute approximate surface area is 169 Å². The van der Waals surface area contributed by atoms with Crippen molar-refractivity contribution in [3.05, 3.63) is 59.2 Å². The molecule has 0 atom stereocenters. The predicted molar refractivity (Wildman–Crippen MR) is 107 cm³/mol. The van der Waals surface area contributed by atoms with Crippen LogP contribution in [0.5, 0.6) is 0 Å². The third-order valence-electron chi connectivity index (χ3n) is 4.08. The molecule has 0 heterocycles. The van der Waals surface area contributed by atoms with E-state index in [9.17, 15) is 22.0 Å². The van der Waals surface area contributed by atoms with Crippen molar-refractivity contribution in [3.63, 3.8) is 0 Å². The van der Waals surface area contributed by atoms with E-state index in [1.807, 2.05) is 13.0 Å². The highest BCUT2D eigenvalue weighted by Crippen LogP contribution is 2.22.